The van der Waals surface area contributed by atoms with E-state index in [9.17, 15) is 24.3 Å². The molecule has 10 nitrogen and oxygen atoms in total. The molecular weight excluding hydrogens is 488 g/mol. The molecule has 1 aromatic carbocycles. The number of hydrogen-bond donors (Lipinski definition) is 3. The number of hydrogen-bond acceptors (Lipinski definition) is 6. The number of β-amino-alcohol motifs (C(OH)–C–C–N with tert-alkyl or cyclic N) is 1. The molecule has 1 saturated heterocycles. The Bertz CT molecular complexity index is 1000. The Balaban J connectivity index is 2.23. The molecule has 4 amide bonds. The summed E-state index contributed by atoms with van der Waals surface area (Å²) in [5.74, 6) is -1.23. The summed E-state index contributed by atoms with van der Waals surface area (Å²) in [6.45, 7) is 13.0. The van der Waals surface area contributed by atoms with Gasteiger partial charge in [0, 0.05) is 31.6 Å². The number of nitrogens with zero attached hydrogens (tertiary/aromatic N) is 2. The van der Waals surface area contributed by atoms with E-state index >= 15 is 0 Å². The van der Waals surface area contributed by atoms with Gasteiger partial charge in [0.1, 0.15) is 17.8 Å². The first-order chi connectivity index (χ1) is 17.6. The topological polar surface area (TPSA) is 128 Å². The number of carbonyl (C=O) groups is 4. The molecule has 2 rings (SSSR count). The average molecular weight is 533 g/mol. The normalized spacial score (nSPS) is 18.3. The summed E-state index contributed by atoms with van der Waals surface area (Å²) in [6.07, 6.45) is -0.330. The van der Waals surface area contributed by atoms with Crippen LogP contribution in [0.1, 0.15) is 71.7 Å². The standard InChI is InChI=1S/C28H44N4O6/c1-17(2)13-21(26(36)32-15-19(33)14-22(32)27(37)31(8)18(3)4)29-25(35)20-11-9-10-12-23(20)38-16-24(34)30-28(5,6)7/h9-12,17-19,21-22,33H,13-16H2,1-8H3,(H,29,35)(H,30,34)/t19-,21+,22+/m0/s1. The number of likely N-dealkylation sites (N-methyl/N-ethyl adjacent to an activating group) is 1. The van der Waals surface area contributed by atoms with Gasteiger partial charge in [-0.05, 0) is 59.1 Å². The number of benzene rings is 1. The first-order valence-electron chi connectivity index (χ1n) is 13.2. The van der Waals surface area contributed by atoms with Gasteiger partial charge in [0.15, 0.2) is 6.61 Å². The Morgan fingerprint density at radius 2 is 1.76 bits per heavy atom. The van der Waals surface area contributed by atoms with E-state index < -0.39 is 35.5 Å². The van der Waals surface area contributed by atoms with Gasteiger partial charge in [0.2, 0.25) is 11.8 Å². The number of aliphatic hydroxyl groups excluding tert-OH is 1. The maximum absolute atomic E-state index is 13.7. The number of nitrogens with one attached hydrogen (secondary N) is 2. The van der Waals surface area contributed by atoms with Crippen molar-refractivity contribution in [3.05, 3.63) is 29.8 Å². The van der Waals surface area contributed by atoms with Crippen molar-refractivity contribution in [1.29, 1.82) is 0 Å². The highest BCUT2D eigenvalue weighted by Crippen LogP contribution is 2.24. The van der Waals surface area contributed by atoms with Crippen LogP contribution in [0.15, 0.2) is 24.3 Å². The summed E-state index contributed by atoms with van der Waals surface area (Å²) in [5.41, 5.74) is -0.236. The van der Waals surface area contributed by atoms with Gasteiger partial charge < -0.3 is 30.3 Å². The minimum atomic E-state index is -0.912. The Hall–Kier alpha value is -3.14. The molecule has 0 unspecified atom stereocenters. The summed E-state index contributed by atoms with van der Waals surface area (Å²) in [6, 6.07) is 4.74. The molecule has 38 heavy (non-hydrogen) atoms. The van der Waals surface area contributed by atoms with Crippen LogP contribution < -0.4 is 15.4 Å². The van der Waals surface area contributed by atoms with Crippen LogP contribution in [0.4, 0.5) is 0 Å². The second-order valence-electron chi connectivity index (χ2n) is 11.7. The lowest BCUT2D eigenvalue weighted by Gasteiger charge is -2.32. The number of rotatable bonds is 10. The maximum atomic E-state index is 13.7. The molecule has 1 fully saturated rings. The monoisotopic (exact) mass is 532 g/mol. The molecule has 0 saturated carbocycles. The van der Waals surface area contributed by atoms with Crippen molar-refractivity contribution < 1.29 is 29.0 Å². The fourth-order valence-corrected chi connectivity index (χ4v) is 4.29. The molecule has 0 radical (unpaired) electrons. The molecule has 1 aliphatic rings. The van der Waals surface area contributed by atoms with Gasteiger partial charge in [-0.1, -0.05) is 26.0 Å². The minimum Gasteiger partial charge on any atom is -0.483 e. The van der Waals surface area contributed by atoms with E-state index in [1.54, 1.807) is 36.2 Å². The minimum absolute atomic E-state index is 0.0221. The van der Waals surface area contributed by atoms with Crippen LogP contribution in [-0.4, -0.2) is 88.5 Å². The summed E-state index contributed by atoms with van der Waals surface area (Å²) in [4.78, 5) is 55.3. The molecule has 0 aromatic heterocycles. The lowest BCUT2D eigenvalue weighted by Crippen LogP contribution is -2.54. The van der Waals surface area contributed by atoms with E-state index in [0.29, 0.717) is 6.42 Å². The lowest BCUT2D eigenvalue weighted by atomic mass is 10.0. The van der Waals surface area contributed by atoms with Crippen molar-refractivity contribution in [2.75, 3.05) is 20.2 Å². The lowest BCUT2D eigenvalue weighted by molar-refractivity contribution is -0.145. The Kier molecular flexibility index (Phi) is 10.7. The molecule has 0 spiro atoms. The quantitative estimate of drug-likeness (QED) is 0.423. The van der Waals surface area contributed by atoms with Crippen molar-refractivity contribution in [2.45, 2.75) is 91.1 Å². The zero-order valence-corrected chi connectivity index (χ0v) is 23.9. The predicted molar refractivity (Wildman–Crippen MR) is 145 cm³/mol. The van der Waals surface area contributed by atoms with Crippen LogP contribution in [0.25, 0.3) is 0 Å². The van der Waals surface area contributed by atoms with Gasteiger partial charge >= 0.3 is 0 Å². The summed E-state index contributed by atoms with van der Waals surface area (Å²) in [7, 11) is 1.67. The first-order valence-corrected chi connectivity index (χ1v) is 13.2. The summed E-state index contributed by atoms with van der Waals surface area (Å²) in [5, 5.41) is 15.9. The number of likely N-dealkylation sites (tertiary alicyclic amines) is 1. The Labute approximate surface area is 226 Å². The second kappa shape index (κ2) is 13.1. The maximum Gasteiger partial charge on any atom is 0.258 e. The molecule has 212 valence electrons. The second-order valence-corrected chi connectivity index (χ2v) is 11.7. The number of para-hydroxylation sites is 1. The van der Waals surface area contributed by atoms with Crippen LogP contribution >= 0.6 is 0 Å². The third-order valence-corrected chi connectivity index (χ3v) is 6.28. The van der Waals surface area contributed by atoms with Gasteiger partial charge in [0.05, 0.1) is 11.7 Å². The van der Waals surface area contributed by atoms with Crippen LogP contribution in [0.3, 0.4) is 0 Å². The van der Waals surface area contributed by atoms with Gasteiger partial charge in [-0.15, -0.1) is 0 Å². The highest BCUT2D eigenvalue weighted by Gasteiger charge is 2.43. The van der Waals surface area contributed by atoms with Gasteiger partial charge in [0.25, 0.3) is 11.8 Å². The first kappa shape index (κ1) is 31.1. The van der Waals surface area contributed by atoms with Crippen molar-refractivity contribution in [2.24, 2.45) is 5.92 Å². The van der Waals surface area contributed by atoms with Crippen molar-refractivity contribution in [1.82, 2.24) is 20.4 Å². The molecular formula is C28H44N4O6. The van der Waals surface area contributed by atoms with E-state index in [1.807, 2.05) is 48.5 Å². The van der Waals surface area contributed by atoms with E-state index in [-0.39, 0.29) is 54.7 Å². The highest BCUT2D eigenvalue weighted by molar-refractivity contribution is 6.00. The molecule has 3 N–H and O–H groups in total. The predicted octanol–water partition coefficient (Wildman–Crippen LogP) is 1.95. The molecule has 0 aliphatic carbocycles. The zero-order valence-electron chi connectivity index (χ0n) is 23.9. The van der Waals surface area contributed by atoms with E-state index in [4.69, 9.17) is 4.74 Å². The number of amides is 4. The van der Waals surface area contributed by atoms with Gasteiger partial charge in [-0.2, -0.15) is 0 Å². The summed E-state index contributed by atoms with van der Waals surface area (Å²) < 4.78 is 5.65. The SMILES string of the molecule is CC(C)C[C@@H](NC(=O)c1ccccc1OCC(=O)NC(C)(C)C)C(=O)N1C[C@@H](O)C[C@@H]1C(=O)N(C)C(C)C. The van der Waals surface area contributed by atoms with Crippen LogP contribution in [0.5, 0.6) is 5.75 Å². The molecule has 10 heteroatoms. The van der Waals surface area contributed by atoms with Gasteiger partial charge in [-0.25, -0.2) is 0 Å². The van der Waals surface area contributed by atoms with Crippen LogP contribution in [-0.2, 0) is 14.4 Å². The van der Waals surface area contributed by atoms with E-state index in [1.165, 1.54) is 4.90 Å². The largest absolute Gasteiger partial charge is 0.483 e. The number of aliphatic hydroxyl groups is 1. The Morgan fingerprint density at radius 1 is 1.13 bits per heavy atom. The highest BCUT2D eigenvalue weighted by atomic mass is 16.5. The van der Waals surface area contributed by atoms with E-state index in [2.05, 4.69) is 10.6 Å². The van der Waals surface area contributed by atoms with Crippen molar-refractivity contribution in [3.8, 4) is 5.75 Å². The fraction of sp³-hybridized carbons (Fsp3) is 0.643. The molecule has 1 heterocycles. The van der Waals surface area contributed by atoms with Crippen molar-refractivity contribution in [3.63, 3.8) is 0 Å². The molecule has 1 aromatic rings. The Morgan fingerprint density at radius 3 is 2.34 bits per heavy atom. The smallest absolute Gasteiger partial charge is 0.258 e. The summed E-state index contributed by atoms with van der Waals surface area (Å²) >= 11 is 0. The van der Waals surface area contributed by atoms with Crippen LogP contribution in [0.2, 0.25) is 0 Å². The molecule has 0 bridgehead atoms. The molecule has 1 aliphatic heterocycles. The average Bonchev–Trinajstić information content (AvgIpc) is 3.21. The van der Waals surface area contributed by atoms with Gasteiger partial charge in [-0.3, -0.25) is 19.2 Å². The van der Waals surface area contributed by atoms with Crippen molar-refractivity contribution >= 4 is 23.6 Å². The third-order valence-electron chi connectivity index (χ3n) is 6.28. The third kappa shape index (κ3) is 8.72. The number of ether oxygens (including phenoxy) is 1. The fourth-order valence-electron chi connectivity index (χ4n) is 4.29. The zero-order chi connectivity index (χ0) is 28.8. The van der Waals surface area contributed by atoms with E-state index in [0.717, 1.165) is 0 Å². The molecule has 3 atom stereocenters. The number of carbonyl (C=O) groups excluding carboxylic acids is 4. The van der Waals surface area contributed by atoms with Crippen LogP contribution in [0, 0.1) is 5.92 Å².